The molecule has 3 rings (SSSR count). The highest BCUT2D eigenvalue weighted by Gasteiger charge is 2.30. The van der Waals surface area contributed by atoms with Crippen molar-refractivity contribution in [3.8, 4) is 6.07 Å². The normalized spacial score (nSPS) is 17.9. The van der Waals surface area contributed by atoms with Gasteiger partial charge in [0.15, 0.2) is 0 Å². The van der Waals surface area contributed by atoms with Crippen LogP contribution < -0.4 is 4.90 Å². The second kappa shape index (κ2) is 7.53. The van der Waals surface area contributed by atoms with Gasteiger partial charge in [0.05, 0.1) is 9.73 Å². The van der Waals surface area contributed by atoms with E-state index in [9.17, 15) is 12.6 Å². The second-order valence-electron chi connectivity index (χ2n) is 6.32. The van der Waals surface area contributed by atoms with Crippen LogP contribution in [0.4, 0.5) is 5.95 Å². The van der Waals surface area contributed by atoms with Crippen LogP contribution >= 0.6 is 11.3 Å². The van der Waals surface area contributed by atoms with Crippen LogP contribution in [0.2, 0.25) is 0 Å². The van der Waals surface area contributed by atoms with Crippen molar-refractivity contribution in [2.75, 3.05) is 24.2 Å². The fraction of sp³-hybridized carbons (Fsp3) is 0.438. The number of nitriles is 1. The minimum absolute atomic E-state index is 0.0559. The molecule has 8 nitrogen and oxygen atoms in total. The molecule has 2 aromatic rings. The molecular weight excluding hydrogens is 406 g/mol. The molecule has 0 N–H and O–H groups in total. The van der Waals surface area contributed by atoms with Crippen LogP contribution in [0.1, 0.15) is 23.4 Å². The Bertz CT molecular complexity index is 1100. The van der Waals surface area contributed by atoms with E-state index in [0.717, 1.165) is 17.0 Å². The Labute approximate surface area is 163 Å². The number of aryl methyl sites for hydroxylation is 1. The molecule has 2 aromatic heterocycles. The second-order valence-corrected chi connectivity index (χ2v) is 11.6. The van der Waals surface area contributed by atoms with Gasteiger partial charge in [-0.3, -0.25) is 0 Å². The fourth-order valence-corrected chi connectivity index (χ4v) is 8.05. The predicted octanol–water partition coefficient (Wildman–Crippen LogP) is 2.17. The van der Waals surface area contributed by atoms with Crippen LogP contribution in [-0.4, -0.2) is 47.2 Å². The Kier molecular flexibility index (Phi) is 5.50. The first-order chi connectivity index (χ1) is 12.7. The van der Waals surface area contributed by atoms with Gasteiger partial charge < -0.3 is 4.90 Å². The summed E-state index contributed by atoms with van der Waals surface area (Å²) in [6.45, 7) is 3.05. The molecule has 1 aliphatic heterocycles. The summed E-state index contributed by atoms with van der Waals surface area (Å²) in [5.41, 5.74) is 0.867. The Morgan fingerprint density at radius 1 is 1.30 bits per heavy atom. The lowest BCUT2D eigenvalue weighted by Gasteiger charge is -2.32. The first-order valence-electron chi connectivity index (χ1n) is 8.22. The number of hydrogen-bond acceptors (Lipinski definition) is 8. The van der Waals surface area contributed by atoms with Crippen LogP contribution in [-0.2, 0) is 19.8 Å². The highest BCUT2D eigenvalue weighted by molar-refractivity contribution is 8.03. The van der Waals surface area contributed by atoms with E-state index in [4.69, 9.17) is 5.26 Å². The van der Waals surface area contributed by atoms with Crippen LogP contribution in [0.3, 0.4) is 0 Å². The number of sulfonamides is 1. The molecule has 1 aliphatic rings. The molecule has 0 aromatic carbocycles. The van der Waals surface area contributed by atoms with Crippen molar-refractivity contribution in [2.45, 2.75) is 29.9 Å². The van der Waals surface area contributed by atoms with Gasteiger partial charge in [0.25, 0.3) is 10.0 Å². The molecule has 1 unspecified atom stereocenters. The van der Waals surface area contributed by atoms with Gasteiger partial charge >= 0.3 is 0 Å². The summed E-state index contributed by atoms with van der Waals surface area (Å²) in [4.78, 5) is 10.5. The Morgan fingerprint density at radius 2 is 2.00 bits per heavy atom. The first kappa shape index (κ1) is 19.7. The quantitative estimate of drug-likeness (QED) is 0.737. The van der Waals surface area contributed by atoms with E-state index in [-0.39, 0.29) is 15.0 Å². The van der Waals surface area contributed by atoms with E-state index in [1.807, 2.05) is 24.0 Å². The van der Waals surface area contributed by atoms with Crippen molar-refractivity contribution in [3.63, 3.8) is 0 Å². The number of anilines is 1. The van der Waals surface area contributed by atoms with E-state index < -0.39 is 19.8 Å². The predicted molar refractivity (Wildman–Crippen MR) is 105 cm³/mol. The average Bonchev–Trinajstić information content (AvgIpc) is 3.11. The van der Waals surface area contributed by atoms with E-state index in [1.54, 1.807) is 6.20 Å². The largest absolute Gasteiger partial charge is 0.341 e. The lowest BCUT2D eigenvalue weighted by Crippen LogP contribution is -2.40. The number of thiophene rings is 1. The van der Waals surface area contributed by atoms with E-state index in [2.05, 4.69) is 13.7 Å². The number of rotatable bonds is 4. The molecule has 0 spiro atoms. The standard InChI is InChI=1S/C16H19N5O3S3/c1-12-3-7-18-16(19-12)21-8-4-13(5-9-21)26(2,22)20-27(23,24)15-6-10-25-14(15)11-17/h3,6-7,10,13H,4-5,8-9H2,1-2H3. The van der Waals surface area contributed by atoms with E-state index in [1.165, 1.54) is 17.7 Å². The van der Waals surface area contributed by atoms with Gasteiger partial charge in [0.1, 0.15) is 15.8 Å². The monoisotopic (exact) mass is 425 g/mol. The minimum atomic E-state index is -4.14. The number of piperidine rings is 1. The smallest absolute Gasteiger partial charge is 0.292 e. The molecule has 27 heavy (non-hydrogen) atoms. The van der Waals surface area contributed by atoms with Crippen molar-refractivity contribution >= 4 is 37.0 Å². The Balaban J connectivity index is 1.79. The third-order valence-corrected chi connectivity index (χ3v) is 9.90. The van der Waals surface area contributed by atoms with E-state index >= 15 is 0 Å². The zero-order valence-corrected chi connectivity index (χ0v) is 17.4. The number of nitrogens with zero attached hydrogens (tertiary/aromatic N) is 5. The first-order valence-corrected chi connectivity index (χ1v) is 12.5. The Hall–Kier alpha value is -2.03. The molecule has 3 heterocycles. The summed E-state index contributed by atoms with van der Waals surface area (Å²) in [7, 11) is -7.13. The van der Waals surface area contributed by atoms with Crippen LogP contribution in [0.5, 0.6) is 0 Å². The van der Waals surface area contributed by atoms with Crippen molar-refractivity contribution in [1.82, 2.24) is 9.97 Å². The summed E-state index contributed by atoms with van der Waals surface area (Å²) < 4.78 is 41.9. The summed E-state index contributed by atoms with van der Waals surface area (Å²) in [6.07, 6.45) is 4.13. The molecule has 0 amide bonds. The minimum Gasteiger partial charge on any atom is -0.341 e. The summed E-state index contributed by atoms with van der Waals surface area (Å²) in [6, 6.07) is 4.99. The highest BCUT2D eigenvalue weighted by Crippen LogP contribution is 2.27. The van der Waals surface area contributed by atoms with Gasteiger partial charge in [-0.15, -0.1) is 15.1 Å². The molecule has 0 saturated carbocycles. The van der Waals surface area contributed by atoms with Gasteiger partial charge in [-0.1, -0.05) is 0 Å². The SMILES string of the molecule is Cc1ccnc(N2CCC(S(C)(=O)=NS(=O)(=O)c3ccsc3C#N)CC2)n1. The van der Waals surface area contributed by atoms with E-state index in [0.29, 0.717) is 31.9 Å². The highest BCUT2D eigenvalue weighted by atomic mass is 32.3. The van der Waals surface area contributed by atoms with Crippen molar-refractivity contribution in [3.05, 3.63) is 34.3 Å². The molecule has 11 heteroatoms. The molecule has 1 saturated heterocycles. The average molecular weight is 426 g/mol. The molecule has 144 valence electrons. The van der Waals surface area contributed by atoms with Crippen molar-refractivity contribution in [2.24, 2.45) is 3.77 Å². The third kappa shape index (κ3) is 4.28. The van der Waals surface area contributed by atoms with Crippen LogP contribution in [0.25, 0.3) is 0 Å². The van der Waals surface area contributed by atoms with Crippen molar-refractivity contribution < 1.29 is 12.6 Å². The van der Waals surface area contributed by atoms with Gasteiger partial charge in [0, 0.05) is 36.5 Å². The number of aromatic nitrogens is 2. The molecule has 1 atom stereocenters. The van der Waals surface area contributed by atoms with Crippen molar-refractivity contribution in [1.29, 1.82) is 5.26 Å². The summed E-state index contributed by atoms with van der Waals surface area (Å²) in [5, 5.41) is 10.2. The lowest BCUT2D eigenvalue weighted by molar-refractivity contribution is 0.559. The molecule has 1 fully saturated rings. The van der Waals surface area contributed by atoms with Crippen LogP contribution in [0.15, 0.2) is 32.4 Å². The fourth-order valence-electron chi connectivity index (χ4n) is 2.96. The summed E-state index contributed by atoms with van der Waals surface area (Å²) in [5.74, 6) is 0.623. The topological polar surface area (TPSA) is 116 Å². The maximum absolute atomic E-state index is 13.1. The third-order valence-electron chi connectivity index (χ3n) is 4.38. The molecule has 0 bridgehead atoms. The number of hydrogen-bond donors (Lipinski definition) is 0. The maximum atomic E-state index is 13.1. The molecule has 0 radical (unpaired) electrons. The Morgan fingerprint density at radius 3 is 2.63 bits per heavy atom. The molecular formula is C16H19N5O3S3. The van der Waals surface area contributed by atoms with Crippen LogP contribution in [0, 0.1) is 18.3 Å². The summed E-state index contributed by atoms with van der Waals surface area (Å²) >= 11 is 1.02. The maximum Gasteiger partial charge on any atom is 0.292 e. The van der Waals surface area contributed by atoms with Gasteiger partial charge in [-0.25, -0.2) is 14.2 Å². The zero-order valence-electron chi connectivity index (χ0n) is 14.9. The van der Waals surface area contributed by atoms with Gasteiger partial charge in [-0.05, 0) is 37.3 Å². The zero-order chi connectivity index (χ0) is 19.7. The van der Waals surface area contributed by atoms with Gasteiger partial charge in [-0.2, -0.15) is 13.7 Å². The molecule has 0 aliphatic carbocycles. The lowest BCUT2D eigenvalue weighted by atomic mass is 10.1. The van der Waals surface area contributed by atoms with Gasteiger partial charge in [0.2, 0.25) is 5.95 Å².